The van der Waals surface area contributed by atoms with E-state index >= 15 is 0 Å². The fraction of sp³-hybridized carbons (Fsp3) is 0.143. The van der Waals surface area contributed by atoms with Crippen LogP contribution in [0.1, 0.15) is 20.9 Å². The van der Waals surface area contributed by atoms with Gasteiger partial charge >= 0.3 is 5.97 Å². The number of hydrogen-bond acceptors (Lipinski definition) is 4. The highest BCUT2D eigenvalue weighted by Gasteiger charge is 2.21. The standard InChI is InChI=1S/C14H13NO4/c1-15(13(16)12-8-5-9-19-12)11-7-4-3-6-10(11)14(17)18-2/h3-9H,1-2H3. The largest absolute Gasteiger partial charge is 0.465 e. The van der Waals surface area contributed by atoms with E-state index in [1.165, 1.54) is 18.3 Å². The molecule has 0 N–H and O–H groups in total. The fourth-order valence-electron chi connectivity index (χ4n) is 1.72. The summed E-state index contributed by atoms with van der Waals surface area (Å²) in [7, 11) is 2.88. The highest BCUT2D eigenvalue weighted by atomic mass is 16.5. The van der Waals surface area contributed by atoms with Crippen molar-refractivity contribution < 1.29 is 18.7 Å². The van der Waals surface area contributed by atoms with E-state index in [0.717, 1.165) is 0 Å². The van der Waals surface area contributed by atoms with Crippen LogP contribution < -0.4 is 4.90 Å². The number of carbonyl (C=O) groups is 2. The zero-order chi connectivity index (χ0) is 13.8. The Morgan fingerprint density at radius 2 is 1.89 bits per heavy atom. The Labute approximate surface area is 110 Å². The second kappa shape index (κ2) is 5.39. The number of esters is 1. The number of methoxy groups -OCH3 is 1. The molecule has 1 aromatic carbocycles. The van der Waals surface area contributed by atoms with Crippen LogP contribution in [0.2, 0.25) is 0 Å². The van der Waals surface area contributed by atoms with E-state index in [1.54, 1.807) is 43.4 Å². The first-order valence-corrected chi connectivity index (χ1v) is 5.64. The van der Waals surface area contributed by atoms with Gasteiger partial charge in [0, 0.05) is 7.05 Å². The first kappa shape index (κ1) is 12.9. The lowest BCUT2D eigenvalue weighted by Crippen LogP contribution is -2.27. The lowest BCUT2D eigenvalue weighted by atomic mass is 10.1. The Bertz CT molecular complexity index is 589. The number of furan rings is 1. The zero-order valence-electron chi connectivity index (χ0n) is 10.6. The smallest absolute Gasteiger partial charge is 0.339 e. The van der Waals surface area contributed by atoms with E-state index in [0.29, 0.717) is 11.3 Å². The highest BCUT2D eigenvalue weighted by Crippen LogP contribution is 2.21. The molecule has 0 saturated carbocycles. The number of rotatable bonds is 3. The van der Waals surface area contributed by atoms with Gasteiger partial charge in [0.05, 0.1) is 24.6 Å². The van der Waals surface area contributed by atoms with Crippen molar-refractivity contribution in [2.24, 2.45) is 0 Å². The molecule has 0 bridgehead atoms. The second-order valence-corrected chi connectivity index (χ2v) is 3.85. The molecule has 1 amide bonds. The molecule has 2 aromatic rings. The molecule has 1 heterocycles. The summed E-state index contributed by atoms with van der Waals surface area (Å²) in [6.07, 6.45) is 1.42. The first-order valence-electron chi connectivity index (χ1n) is 5.64. The highest BCUT2D eigenvalue weighted by molar-refractivity contribution is 6.07. The number of nitrogens with zero attached hydrogens (tertiary/aromatic N) is 1. The van der Waals surface area contributed by atoms with Crippen molar-refractivity contribution in [3.8, 4) is 0 Å². The minimum absolute atomic E-state index is 0.210. The molecule has 0 unspecified atom stereocenters. The molecule has 5 nitrogen and oxygen atoms in total. The predicted molar refractivity (Wildman–Crippen MR) is 69.2 cm³/mol. The van der Waals surface area contributed by atoms with Gasteiger partial charge in [-0.25, -0.2) is 4.79 Å². The number of benzene rings is 1. The average Bonchev–Trinajstić information content (AvgIpc) is 2.99. The molecule has 0 radical (unpaired) electrons. The van der Waals surface area contributed by atoms with Gasteiger partial charge in [0.15, 0.2) is 5.76 Å². The van der Waals surface area contributed by atoms with Crippen molar-refractivity contribution in [2.45, 2.75) is 0 Å². The Morgan fingerprint density at radius 3 is 2.53 bits per heavy atom. The summed E-state index contributed by atoms with van der Waals surface area (Å²) >= 11 is 0. The summed E-state index contributed by atoms with van der Waals surface area (Å²) in [5, 5.41) is 0. The molecule has 98 valence electrons. The van der Waals surface area contributed by atoms with Crippen molar-refractivity contribution in [2.75, 3.05) is 19.1 Å². The first-order chi connectivity index (χ1) is 9.15. The molecule has 0 saturated heterocycles. The van der Waals surface area contributed by atoms with Crippen LogP contribution in [0.15, 0.2) is 47.1 Å². The van der Waals surface area contributed by atoms with E-state index < -0.39 is 5.97 Å². The van der Waals surface area contributed by atoms with Crippen LogP contribution in [0.25, 0.3) is 0 Å². The van der Waals surface area contributed by atoms with E-state index in [9.17, 15) is 9.59 Å². The molecule has 0 aliphatic carbocycles. The maximum absolute atomic E-state index is 12.1. The van der Waals surface area contributed by atoms with E-state index in [-0.39, 0.29) is 11.7 Å². The van der Waals surface area contributed by atoms with Crippen LogP contribution >= 0.6 is 0 Å². The van der Waals surface area contributed by atoms with Crippen molar-refractivity contribution in [1.82, 2.24) is 0 Å². The molecular weight excluding hydrogens is 246 g/mol. The molecule has 0 spiro atoms. The third kappa shape index (κ3) is 2.49. The third-order valence-electron chi connectivity index (χ3n) is 2.71. The summed E-state index contributed by atoms with van der Waals surface area (Å²) in [5.74, 6) is -0.613. The van der Waals surface area contributed by atoms with Crippen LogP contribution in [-0.4, -0.2) is 26.0 Å². The van der Waals surface area contributed by atoms with Gasteiger partial charge in [-0.3, -0.25) is 4.79 Å². The minimum Gasteiger partial charge on any atom is -0.465 e. The predicted octanol–water partition coefficient (Wildman–Crippen LogP) is 2.34. The summed E-state index contributed by atoms with van der Waals surface area (Å²) in [6, 6.07) is 9.93. The topological polar surface area (TPSA) is 59.8 Å². The van der Waals surface area contributed by atoms with Gasteiger partial charge in [0.2, 0.25) is 0 Å². The van der Waals surface area contributed by atoms with Crippen molar-refractivity contribution in [3.63, 3.8) is 0 Å². The van der Waals surface area contributed by atoms with Crippen LogP contribution in [0.3, 0.4) is 0 Å². The SMILES string of the molecule is COC(=O)c1ccccc1N(C)C(=O)c1ccco1. The van der Waals surface area contributed by atoms with Gasteiger partial charge in [0.25, 0.3) is 5.91 Å². The third-order valence-corrected chi connectivity index (χ3v) is 2.71. The summed E-state index contributed by atoms with van der Waals surface area (Å²) in [5.41, 5.74) is 0.795. The quantitative estimate of drug-likeness (QED) is 0.794. The number of ether oxygens (including phenoxy) is 1. The molecule has 19 heavy (non-hydrogen) atoms. The number of para-hydroxylation sites is 1. The number of carbonyl (C=O) groups excluding carboxylic acids is 2. The van der Waals surface area contributed by atoms with Crippen LogP contribution in [0, 0.1) is 0 Å². The molecule has 5 heteroatoms. The zero-order valence-corrected chi connectivity index (χ0v) is 10.6. The van der Waals surface area contributed by atoms with Crippen LogP contribution in [0.5, 0.6) is 0 Å². The second-order valence-electron chi connectivity index (χ2n) is 3.85. The van der Waals surface area contributed by atoms with Gasteiger partial charge in [-0.15, -0.1) is 0 Å². The normalized spacial score (nSPS) is 10.0. The van der Waals surface area contributed by atoms with Gasteiger partial charge in [-0.1, -0.05) is 12.1 Å². The summed E-state index contributed by atoms with van der Waals surface area (Å²) in [6.45, 7) is 0. The Kier molecular flexibility index (Phi) is 3.66. The lowest BCUT2D eigenvalue weighted by molar-refractivity contribution is 0.0601. The van der Waals surface area contributed by atoms with Crippen LogP contribution in [0.4, 0.5) is 5.69 Å². The molecule has 0 fully saturated rings. The molecule has 1 aromatic heterocycles. The maximum atomic E-state index is 12.1. The van der Waals surface area contributed by atoms with Gasteiger partial charge in [-0.2, -0.15) is 0 Å². The van der Waals surface area contributed by atoms with E-state index in [4.69, 9.17) is 9.15 Å². The maximum Gasteiger partial charge on any atom is 0.339 e. The van der Waals surface area contributed by atoms with Crippen molar-refractivity contribution in [3.05, 3.63) is 54.0 Å². The Hall–Kier alpha value is -2.56. The van der Waals surface area contributed by atoms with Crippen LogP contribution in [-0.2, 0) is 4.74 Å². The Morgan fingerprint density at radius 1 is 1.16 bits per heavy atom. The molecule has 0 aliphatic rings. The van der Waals surface area contributed by atoms with Crippen molar-refractivity contribution in [1.29, 1.82) is 0 Å². The molecular formula is C14H13NO4. The molecule has 0 aliphatic heterocycles. The monoisotopic (exact) mass is 259 g/mol. The Balaban J connectivity index is 2.36. The minimum atomic E-state index is -0.491. The average molecular weight is 259 g/mol. The number of anilines is 1. The number of amides is 1. The molecule has 0 atom stereocenters. The lowest BCUT2D eigenvalue weighted by Gasteiger charge is -2.18. The van der Waals surface area contributed by atoms with Gasteiger partial charge < -0.3 is 14.1 Å². The van der Waals surface area contributed by atoms with E-state index in [2.05, 4.69) is 0 Å². The summed E-state index contributed by atoms with van der Waals surface area (Å²) < 4.78 is 9.75. The van der Waals surface area contributed by atoms with Gasteiger partial charge in [0.1, 0.15) is 0 Å². The fourth-order valence-corrected chi connectivity index (χ4v) is 1.72. The molecule has 2 rings (SSSR count). The number of hydrogen-bond donors (Lipinski definition) is 0. The van der Waals surface area contributed by atoms with Gasteiger partial charge in [-0.05, 0) is 24.3 Å². The van der Waals surface area contributed by atoms with Crippen molar-refractivity contribution >= 4 is 17.6 Å². The van der Waals surface area contributed by atoms with E-state index in [1.807, 2.05) is 0 Å². The summed E-state index contributed by atoms with van der Waals surface area (Å²) in [4.78, 5) is 25.2.